The number of fused-ring (bicyclic) bond motifs is 1. The largest absolute Gasteiger partial charge is 0.790 e. The predicted octanol–water partition coefficient (Wildman–Crippen LogP) is -4.36. The number of aromatic nitrogens is 4. The number of ether oxygens (including phenoxy) is 1. The summed E-state index contributed by atoms with van der Waals surface area (Å²) in [5.74, 6) is -2.04. The van der Waals surface area contributed by atoms with Crippen LogP contribution in [0.25, 0.3) is 11.2 Å². The number of imidazole rings is 1. The standard InChI is InChI=1S/C26H46N7O18P3/c1-13(14(2)34)15(35)5-7-28-17(36)6-8-29-24(39)21(38)26(3,4)10-48-54(45,46)51-53(43,44)47-9-16-20(50-52(40,41)42)19(37)25(49-16)33-12-32-18-22(27)30-11-31-23(18)33/h11-16,19-21,25,34-35,37-38H,5-10H2,1-4H3,(H,28,36)(H,29,39)(H,43,44)(H,45,46)(H2,27,30,31)(H2,40,41,42)/p-4. The lowest BCUT2D eigenvalue weighted by atomic mass is 9.87. The fourth-order valence-electron chi connectivity index (χ4n) is 4.86. The Morgan fingerprint density at radius 3 is 2.31 bits per heavy atom. The molecule has 2 amide bonds. The van der Waals surface area contributed by atoms with E-state index < -0.39 is 103 Å². The van der Waals surface area contributed by atoms with E-state index in [2.05, 4.69) is 43.5 Å². The van der Waals surface area contributed by atoms with Crippen molar-refractivity contribution in [3.63, 3.8) is 0 Å². The molecule has 54 heavy (non-hydrogen) atoms. The van der Waals surface area contributed by atoms with Crippen molar-refractivity contribution in [3.8, 4) is 0 Å². The molecule has 2 aromatic heterocycles. The maximum Gasteiger partial charge on any atom is 0.274 e. The van der Waals surface area contributed by atoms with E-state index in [1.165, 1.54) is 20.8 Å². The minimum Gasteiger partial charge on any atom is -0.790 e. The summed E-state index contributed by atoms with van der Waals surface area (Å²) in [6, 6.07) is 0. The molecule has 0 aliphatic carbocycles. The molecule has 3 heterocycles. The first-order valence-electron chi connectivity index (χ1n) is 16.0. The second kappa shape index (κ2) is 18.6. The summed E-state index contributed by atoms with van der Waals surface area (Å²) in [4.78, 5) is 83.9. The van der Waals surface area contributed by atoms with Gasteiger partial charge in [0.05, 0.1) is 39.6 Å². The Morgan fingerprint density at radius 2 is 1.69 bits per heavy atom. The monoisotopic (exact) mass is 833 g/mol. The van der Waals surface area contributed by atoms with Gasteiger partial charge in [-0.25, -0.2) is 19.3 Å². The first-order chi connectivity index (χ1) is 24.8. The van der Waals surface area contributed by atoms with Crippen molar-refractivity contribution in [1.29, 1.82) is 0 Å². The number of nitrogens with two attached hydrogens (primary N) is 1. The molecule has 0 bridgehead atoms. The van der Waals surface area contributed by atoms with Crippen LogP contribution in [0.4, 0.5) is 5.82 Å². The summed E-state index contributed by atoms with van der Waals surface area (Å²) >= 11 is 0. The summed E-state index contributed by atoms with van der Waals surface area (Å²) < 4.78 is 60.4. The number of anilines is 1. The van der Waals surface area contributed by atoms with Gasteiger partial charge in [-0.05, 0) is 13.3 Å². The molecule has 10 unspecified atom stereocenters. The molecule has 0 saturated carbocycles. The number of hydrogen-bond acceptors (Lipinski definition) is 22. The normalized spacial score (nSPS) is 23.9. The first kappa shape index (κ1) is 45.8. The van der Waals surface area contributed by atoms with E-state index in [9.17, 15) is 63.3 Å². The van der Waals surface area contributed by atoms with Crippen LogP contribution in [0.15, 0.2) is 12.7 Å². The van der Waals surface area contributed by atoms with E-state index in [4.69, 9.17) is 10.5 Å². The minimum atomic E-state index is -5.92. The molecule has 10 atom stereocenters. The smallest absolute Gasteiger partial charge is 0.274 e. The third kappa shape index (κ3) is 13.0. The predicted molar refractivity (Wildman–Crippen MR) is 172 cm³/mol. The van der Waals surface area contributed by atoms with Gasteiger partial charge < -0.3 is 79.2 Å². The lowest BCUT2D eigenvalue weighted by molar-refractivity contribution is -0.347. The fraction of sp³-hybridized carbons (Fsp3) is 0.731. The second-order valence-corrected chi connectivity index (χ2v) is 17.0. The van der Waals surface area contributed by atoms with Crippen LogP contribution in [0.1, 0.15) is 46.8 Å². The van der Waals surface area contributed by atoms with E-state index in [1.807, 2.05) is 0 Å². The van der Waals surface area contributed by atoms with Crippen molar-refractivity contribution in [2.45, 2.75) is 83.4 Å². The molecular formula is C26H42N7O18P3-4. The highest BCUT2D eigenvalue weighted by atomic mass is 31.3. The molecule has 2 aromatic rings. The number of nitrogen functional groups attached to an aromatic ring is 1. The highest BCUT2D eigenvalue weighted by Crippen LogP contribution is 2.56. The quantitative estimate of drug-likeness (QED) is 0.0584. The zero-order chi connectivity index (χ0) is 40.8. The average molecular weight is 834 g/mol. The van der Waals surface area contributed by atoms with Gasteiger partial charge in [0.25, 0.3) is 15.6 Å². The summed E-state index contributed by atoms with van der Waals surface area (Å²) in [7, 11) is -17.6. The Hall–Kier alpha value is -2.54. The third-order valence-corrected chi connectivity index (χ3v) is 11.2. The topological polar surface area (TPSA) is 398 Å². The number of nitrogens with zero attached hydrogens (tertiary/aromatic N) is 4. The number of carbonyl (C=O) groups is 2. The number of phosphoric acid groups is 3. The van der Waals surface area contributed by atoms with Crippen molar-refractivity contribution in [2.24, 2.45) is 11.3 Å². The fourth-order valence-corrected chi connectivity index (χ4v) is 7.60. The van der Waals surface area contributed by atoms with Crippen LogP contribution >= 0.6 is 23.5 Å². The first-order valence-corrected chi connectivity index (χ1v) is 20.4. The number of aliphatic hydroxyl groups excluding tert-OH is 4. The van der Waals surface area contributed by atoms with Crippen molar-refractivity contribution < 1.29 is 85.9 Å². The molecule has 0 spiro atoms. The van der Waals surface area contributed by atoms with Crippen LogP contribution in [0.3, 0.4) is 0 Å². The van der Waals surface area contributed by atoms with Crippen LogP contribution in [0, 0.1) is 11.3 Å². The van der Waals surface area contributed by atoms with Crippen LogP contribution in [-0.4, -0.2) is 115 Å². The molecule has 0 radical (unpaired) electrons. The molecule has 28 heteroatoms. The van der Waals surface area contributed by atoms with Crippen molar-refractivity contribution >= 4 is 52.3 Å². The van der Waals surface area contributed by atoms with Gasteiger partial charge in [0.2, 0.25) is 11.8 Å². The molecule has 8 N–H and O–H groups in total. The van der Waals surface area contributed by atoms with Crippen LogP contribution in [-0.2, 0) is 45.9 Å². The summed E-state index contributed by atoms with van der Waals surface area (Å²) in [6.07, 6.45) is -9.10. The van der Waals surface area contributed by atoms with Gasteiger partial charge in [0.1, 0.15) is 36.3 Å². The van der Waals surface area contributed by atoms with Gasteiger partial charge >= 0.3 is 0 Å². The lowest BCUT2D eigenvalue weighted by Crippen LogP contribution is -2.46. The van der Waals surface area contributed by atoms with E-state index in [0.717, 1.165) is 17.2 Å². The number of nitrogens with one attached hydrogen (secondary N) is 2. The highest BCUT2D eigenvalue weighted by molar-refractivity contribution is 7.59. The molecule has 1 aliphatic rings. The molecule has 308 valence electrons. The van der Waals surface area contributed by atoms with E-state index in [0.29, 0.717) is 0 Å². The third-order valence-electron chi connectivity index (χ3n) is 8.18. The molecule has 1 fully saturated rings. The molecule has 0 aromatic carbocycles. The highest BCUT2D eigenvalue weighted by Gasteiger charge is 2.47. The number of phosphoric ester groups is 3. The van der Waals surface area contributed by atoms with Crippen LogP contribution < -0.4 is 35.9 Å². The maximum atomic E-state index is 12.5. The van der Waals surface area contributed by atoms with Gasteiger partial charge in [-0.2, -0.15) is 0 Å². The molecule has 3 rings (SSSR count). The Bertz CT molecular complexity index is 1740. The second-order valence-electron chi connectivity index (χ2n) is 12.9. The van der Waals surface area contributed by atoms with Crippen LogP contribution in [0.2, 0.25) is 0 Å². The van der Waals surface area contributed by atoms with E-state index in [1.54, 1.807) is 6.92 Å². The average Bonchev–Trinajstić information content (AvgIpc) is 3.62. The molecule has 1 saturated heterocycles. The van der Waals surface area contributed by atoms with Crippen LogP contribution in [0.5, 0.6) is 0 Å². The maximum absolute atomic E-state index is 12.5. The van der Waals surface area contributed by atoms with Gasteiger partial charge in [0, 0.05) is 30.8 Å². The molecule has 25 nitrogen and oxygen atoms in total. The SMILES string of the molecule is CC(O)C(C)C(O)CCNC(=O)CCNC(=O)C(O)C(C)(C)COP(=O)([O-])OP(=O)([O-])OCC1OC(n2cnc3c(N)ncnc32)C(O)C1OP(=O)([O-])[O-]. The zero-order valence-electron chi connectivity index (χ0n) is 29.2. The Balaban J connectivity index is 1.52. The van der Waals surface area contributed by atoms with Gasteiger partial charge in [0.15, 0.2) is 17.7 Å². The van der Waals surface area contributed by atoms with Crippen molar-refractivity contribution in [3.05, 3.63) is 12.7 Å². The minimum absolute atomic E-state index is 0.0247. The number of aliphatic hydroxyl groups is 4. The van der Waals surface area contributed by atoms with Gasteiger partial charge in [-0.1, -0.05) is 20.8 Å². The summed E-state index contributed by atoms with van der Waals surface area (Å²) in [5, 5.41) is 45.6. The summed E-state index contributed by atoms with van der Waals surface area (Å²) in [6.45, 7) is 3.09. The Morgan fingerprint density at radius 1 is 1.04 bits per heavy atom. The van der Waals surface area contributed by atoms with E-state index >= 15 is 0 Å². The van der Waals surface area contributed by atoms with Crippen molar-refractivity contribution in [1.82, 2.24) is 30.2 Å². The molecular weight excluding hydrogens is 791 g/mol. The van der Waals surface area contributed by atoms with Crippen molar-refractivity contribution in [2.75, 3.05) is 32.0 Å². The summed E-state index contributed by atoms with van der Waals surface area (Å²) in [5.41, 5.74) is 4.04. The van der Waals surface area contributed by atoms with Gasteiger partial charge in [-0.15, -0.1) is 0 Å². The van der Waals surface area contributed by atoms with Gasteiger partial charge in [-0.3, -0.25) is 23.3 Å². The number of amides is 2. The number of hydrogen-bond donors (Lipinski definition) is 7. The Labute approximate surface area is 307 Å². The molecule has 1 aliphatic heterocycles. The Kier molecular flexibility index (Phi) is 15.8. The number of carbonyl (C=O) groups excluding carboxylic acids is 2. The van der Waals surface area contributed by atoms with E-state index in [-0.39, 0.29) is 42.9 Å². The lowest BCUT2D eigenvalue weighted by Gasteiger charge is -2.36. The number of rotatable bonds is 21. The zero-order valence-corrected chi connectivity index (χ0v) is 31.9.